The number of carboxylic acid groups (broad SMARTS) is 1. The molecule has 0 aliphatic rings. The van der Waals surface area contributed by atoms with Gasteiger partial charge in [-0.05, 0) is 5.56 Å². The van der Waals surface area contributed by atoms with Gasteiger partial charge in [-0.3, -0.25) is 4.79 Å². The highest BCUT2D eigenvalue weighted by Gasteiger charge is 2.40. The molecule has 1 aromatic carbocycles. The van der Waals surface area contributed by atoms with E-state index < -0.39 is 24.6 Å². The molecule has 0 radical (unpaired) electrons. The number of aliphatic carboxylic acids is 1. The lowest BCUT2D eigenvalue weighted by Crippen LogP contribution is -2.43. The van der Waals surface area contributed by atoms with Crippen molar-refractivity contribution in [3.05, 3.63) is 35.9 Å². The van der Waals surface area contributed by atoms with Crippen molar-refractivity contribution < 1.29 is 23.1 Å². The Hall–Kier alpha value is -1.56. The van der Waals surface area contributed by atoms with Gasteiger partial charge in [-0.25, -0.2) is 0 Å². The molecule has 2 N–H and O–H groups in total. The fourth-order valence-electron chi connectivity index (χ4n) is 1.32. The predicted octanol–water partition coefficient (Wildman–Crippen LogP) is 2.18. The molecule has 0 fully saturated rings. The number of carbonyl (C=O) groups is 1. The zero-order valence-corrected chi connectivity index (χ0v) is 8.87. The van der Waals surface area contributed by atoms with E-state index in [1.807, 2.05) is 0 Å². The van der Waals surface area contributed by atoms with E-state index in [9.17, 15) is 18.0 Å². The van der Waals surface area contributed by atoms with Gasteiger partial charge in [-0.15, -0.1) is 0 Å². The predicted molar refractivity (Wildman–Crippen MR) is 55.4 cm³/mol. The molecule has 3 nitrogen and oxygen atoms in total. The maximum Gasteiger partial charge on any atom is 0.404 e. The van der Waals surface area contributed by atoms with Crippen LogP contribution in [-0.4, -0.2) is 23.3 Å². The van der Waals surface area contributed by atoms with Crippen molar-refractivity contribution >= 4 is 5.97 Å². The third-order valence-corrected chi connectivity index (χ3v) is 2.17. The minimum absolute atomic E-state index is 0.0156. The summed E-state index contributed by atoms with van der Waals surface area (Å²) in [6.45, 7) is -0.0156. The molecule has 94 valence electrons. The number of benzene rings is 1. The number of alkyl halides is 3. The molecular formula is C11H12F3NO2. The van der Waals surface area contributed by atoms with Crippen molar-refractivity contribution in [2.24, 2.45) is 0 Å². The SMILES string of the molecule is O=C(O)C[C@H](NCc1ccccc1)C(F)(F)F. The van der Waals surface area contributed by atoms with E-state index in [1.54, 1.807) is 30.3 Å². The molecule has 0 aromatic heterocycles. The van der Waals surface area contributed by atoms with Gasteiger partial charge in [0.05, 0.1) is 6.42 Å². The summed E-state index contributed by atoms with van der Waals surface area (Å²) in [6, 6.07) is 6.47. The summed E-state index contributed by atoms with van der Waals surface area (Å²) in [5, 5.41) is 10.6. The molecule has 0 saturated heterocycles. The molecule has 0 spiro atoms. The van der Waals surface area contributed by atoms with Crippen molar-refractivity contribution in [3.8, 4) is 0 Å². The fraction of sp³-hybridized carbons (Fsp3) is 0.364. The summed E-state index contributed by atoms with van der Waals surface area (Å²) >= 11 is 0. The Morgan fingerprint density at radius 1 is 1.29 bits per heavy atom. The van der Waals surface area contributed by atoms with Crippen LogP contribution in [0.15, 0.2) is 30.3 Å². The second-order valence-corrected chi connectivity index (χ2v) is 3.56. The number of hydrogen-bond acceptors (Lipinski definition) is 2. The molecule has 0 saturated carbocycles. The quantitative estimate of drug-likeness (QED) is 0.838. The molecule has 0 amide bonds. The molecule has 17 heavy (non-hydrogen) atoms. The Balaban J connectivity index is 2.59. The Bertz CT molecular complexity index is 365. The third-order valence-electron chi connectivity index (χ3n) is 2.17. The van der Waals surface area contributed by atoms with Crippen LogP contribution < -0.4 is 5.32 Å². The van der Waals surface area contributed by atoms with E-state index >= 15 is 0 Å². The van der Waals surface area contributed by atoms with Crippen LogP contribution in [0.5, 0.6) is 0 Å². The first-order chi connectivity index (χ1) is 7.89. The summed E-state index contributed by atoms with van der Waals surface area (Å²) in [7, 11) is 0. The molecule has 0 aliphatic heterocycles. The minimum Gasteiger partial charge on any atom is -0.481 e. The number of rotatable bonds is 5. The average molecular weight is 247 g/mol. The summed E-state index contributed by atoms with van der Waals surface area (Å²) in [5.74, 6) is -1.48. The zero-order chi connectivity index (χ0) is 12.9. The van der Waals surface area contributed by atoms with E-state index in [2.05, 4.69) is 5.32 Å². The van der Waals surface area contributed by atoms with Gasteiger partial charge in [-0.2, -0.15) is 13.2 Å². The summed E-state index contributed by atoms with van der Waals surface area (Å²) in [6.07, 6.45) is -5.54. The Kier molecular flexibility index (Phi) is 4.51. The van der Waals surface area contributed by atoms with E-state index in [4.69, 9.17) is 5.11 Å². The molecule has 0 aliphatic carbocycles. The van der Waals surface area contributed by atoms with E-state index in [-0.39, 0.29) is 6.54 Å². The van der Waals surface area contributed by atoms with Crippen LogP contribution in [0.1, 0.15) is 12.0 Å². The normalized spacial score (nSPS) is 13.4. The van der Waals surface area contributed by atoms with Crippen LogP contribution in [0.3, 0.4) is 0 Å². The van der Waals surface area contributed by atoms with Crippen LogP contribution in [0, 0.1) is 0 Å². The van der Waals surface area contributed by atoms with Gasteiger partial charge in [0.2, 0.25) is 0 Å². The Morgan fingerprint density at radius 3 is 2.35 bits per heavy atom. The van der Waals surface area contributed by atoms with Gasteiger partial charge in [0.25, 0.3) is 0 Å². The van der Waals surface area contributed by atoms with Crippen molar-refractivity contribution in [1.82, 2.24) is 5.32 Å². The van der Waals surface area contributed by atoms with E-state index in [0.717, 1.165) is 0 Å². The van der Waals surface area contributed by atoms with Crippen LogP contribution in [0.25, 0.3) is 0 Å². The first kappa shape index (κ1) is 13.5. The Morgan fingerprint density at radius 2 is 1.88 bits per heavy atom. The molecule has 1 aromatic rings. The molecular weight excluding hydrogens is 235 g/mol. The van der Waals surface area contributed by atoms with E-state index in [0.29, 0.717) is 5.56 Å². The molecule has 0 unspecified atom stereocenters. The maximum atomic E-state index is 12.5. The topological polar surface area (TPSA) is 49.3 Å². The van der Waals surface area contributed by atoms with Crippen LogP contribution in [0.4, 0.5) is 13.2 Å². The highest BCUT2D eigenvalue weighted by Crippen LogP contribution is 2.22. The number of nitrogens with one attached hydrogen (secondary N) is 1. The second-order valence-electron chi connectivity index (χ2n) is 3.56. The second kappa shape index (κ2) is 5.67. The van der Waals surface area contributed by atoms with Crippen LogP contribution in [0.2, 0.25) is 0 Å². The lowest BCUT2D eigenvalue weighted by Gasteiger charge is -2.19. The first-order valence-corrected chi connectivity index (χ1v) is 4.95. The van der Waals surface area contributed by atoms with Crippen LogP contribution >= 0.6 is 0 Å². The number of halogens is 3. The largest absolute Gasteiger partial charge is 0.481 e. The Labute approximate surface area is 96.3 Å². The monoisotopic (exact) mass is 247 g/mol. The molecule has 0 bridgehead atoms. The number of hydrogen-bond donors (Lipinski definition) is 2. The van der Waals surface area contributed by atoms with Gasteiger partial charge in [0, 0.05) is 6.54 Å². The minimum atomic E-state index is -4.56. The summed E-state index contributed by atoms with van der Waals surface area (Å²) in [5.41, 5.74) is 0.673. The van der Waals surface area contributed by atoms with Crippen molar-refractivity contribution in [1.29, 1.82) is 0 Å². The molecule has 6 heteroatoms. The fourth-order valence-corrected chi connectivity index (χ4v) is 1.32. The zero-order valence-electron chi connectivity index (χ0n) is 8.87. The van der Waals surface area contributed by atoms with Gasteiger partial charge < -0.3 is 10.4 Å². The number of carboxylic acids is 1. The molecule has 0 heterocycles. The summed E-state index contributed by atoms with van der Waals surface area (Å²) < 4.78 is 37.4. The molecule has 1 rings (SSSR count). The maximum absolute atomic E-state index is 12.5. The van der Waals surface area contributed by atoms with Gasteiger partial charge >= 0.3 is 12.1 Å². The highest BCUT2D eigenvalue weighted by atomic mass is 19.4. The molecule has 1 atom stereocenters. The van der Waals surface area contributed by atoms with Crippen LogP contribution in [-0.2, 0) is 11.3 Å². The van der Waals surface area contributed by atoms with Gasteiger partial charge in [0.15, 0.2) is 0 Å². The lowest BCUT2D eigenvalue weighted by atomic mass is 10.1. The van der Waals surface area contributed by atoms with Crippen molar-refractivity contribution in [2.45, 2.75) is 25.2 Å². The van der Waals surface area contributed by atoms with Gasteiger partial charge in [0.1, 0.15) is 6.04 Å². The standard InChI is InChI=1S/C11H12F3NO2/c12-11(13,14)9(6-10(16)17)15-7-8-4-2-1-3-5-8/h1-5,9,15H,6-7H2,(H,16,17)/t9-/m0/s1. The summed E-state index contributed by atoms with van der Waals surface area (Å²) in [4.78, 5) is 10.3. The van der Waals surface area contributed by atoms with Gasteiger partial charge in [-0.1, -0.05) is 30.3 Å². The van der Waals surface area contributed by atoms with Crippen molar-refractivity contribution in [2.75, 3.05) is 0 Å². The smallest absolute Gasteiger partial charge is 0.404 e. The average Bonchev–Trinajstić information content (AvgIpc) is 2.23. The van der Waals surface area contributed by atoms with E-state index in [1.165, 1.54) is 0 Å². The first-order valence-electron chi connectivity index (χ1n) is 4.95. The third kappa shape index (κ3) is 4.86. The highest BCUT2D eigenvalue weighted by molar-refractivity contribution is 5.67. The lowest BCUT2D eigenvalue weighted by molar-refractivity contribution is -0.167. The van der Waals surface area contributed by atoms with Crippen molar-refractivity contribution in [3.63, 3.8) is 0 Å².